The van der Waals surface area contributed by atoms with E-state index in [0.29, 0.717) is 38.3 Å². The van der Waals surface area contributed by atoms with E-state index in [2.05, 4.69) is 26.1 Å². The average molecular weight is 402 g/mol. The molecule has 5 nitrogen and oxygen atoms in total. The van der Waals surface area contributed by atoms with Crippen molar-refractivity contribution in [3.63, 3.8) is 0 Å². The molecule has 6 heteroatoms. The van der Waals surface area contributed by atoms with Gasteiger partial charge in [0.15, 0.2) is 0 Å². The Kier molecular flexibility index (Phi) is 5.83. The third-order valence-electron chi connectivity index (χ3n) is 4.19. The summed E-state index contributed by atoms with van der Waals surface area (Å²) in [7, 11) is 0. The highest BCUT2D eigenvalue weighted by Crippen LogP contribution is 2.18. The number of halogens is 1. The maximum absolute atomic E-state index is 12.6. The molecular weight excluding hydrogens is 382 g/mol. The molecule has 2 amide bonds. The number of anilines is 1. The quantitative estimate of drug-likeness (QED) is 0.856. The Morgan fingerprint density at radius 2 is 1.56 bits per heavy atom. The monoisotopic (exact) mass is 401 g/mol. The van der Waals surface area contributed by atoms with Crippen LogP contribution in [0.3, 0.4) is 0 Å². The van der Waals surface area contributed by atoms with Crippen LogP contribution in [-0.2, 0) is 4.79 Å². The lowest BCUT2D eigenvalue weighted by molar-refractivity contribution is -0.117. The number of rotatable bonds is 4. The van der Waals surface area contributed by atoms with Crippen molar-refractivity contribution in [2.45, 2.75) is 0 Å². The molecule has 1 heterocycles. The zero-order valence-corrected chi connectivity index (χ0v) is 15.4. The Labute approximate surface area is 155 Å². The van der Waals surface area contributed by atoms with Gasteiger partial charge in [0.25, 0.3) is 5.91 Å². The van der Waals surface area contributed by atoms with E-state index in [1.165, 1.54) is 0 Å². The van der Waals surface area contributed by atoms with Crippen molar-refractivity contribution in [3.05, 3.63) is 64.6 Å². The van der Waals surface area contributed by atoms with E-state index in [9.17, 15) is 9.59 Å². The van der Waals surface area contributed by atoms with Crippen LogP contribution < -0.4 is 5.32 Å². The van der Waals surface area contributed by atoms with Crippen molar-refractivity contribution in [2.75, 3.05) is 38.0 Å². The van der Waals surface area contributed by atoms with Crippen molar-refractivity contribution in [3.8, 4) is 0 Å². The molecule has 1 N–H and O–H groups in total. The topological polar surface area (TPSA) is 52.7 Å². The Morgan fingerprint density at radius 1 is 0.920 bits per heavy atom. The van der Waals surface area contributed by atoms with Crippen LogP contribution in [-0.4, -0.2) is 54.3 Å². The molecule has 1 saturated heterocycles. The fourth-order valence-corrected chi connectivity index (χ4v) is 3.29. The van der Waals surface area contributed by atoms with Crippen molar-refractivity contribution in [1.82, 2.24) is 9.80 Å². The first-order valence-corrected chi connectivity index (χ1v) is 9.04. The summed E-state index contributed by atoms with van der Waals surface area (Å²) in [6.45, 7) is 2.97. The van der Waals surface area contributed by atoms with Crippen LogP contribution >= 0.6 is 15.9 Å². The van der Waals surface area contributed by atoms with Gasteiger partial charge in [-0.1, -0.05) is 30.3 Å². The van der Waals surface area contributed by atoms with Crippen LogP contribution in [0.1, 0.15) is 10.4 Å². The van der Waals surface area contributed by atoms with Gasteiger partial charge in [-0.25, -0.2) is 0 Å². The number of nitrogens with one attached hydrogen (secondary N) is 1. The molecule has 0 radical (unpaired) electrons. The smallest absolute Gasteiger partial charge is 0.255 e. The average Bonchev–Trinajstić information content (AvgIpc) is 2.63. The Bertz CT molecular complexity index is 743. The van der Waals surface area contributed by atoms with E-state index >= 15 is 0 Å². The van der Waals surface area contributed by atoms with Gasteiger partial charge in [-0.3, -0.25) is 14.5 Å². The largest absolute Gasteiger partial charge is 0.336 e. The van der Waals surface area contributed by atoms with Crippen LogP contribution in [0.15, 0.2) is 59.1 Å². The van der Waals surface area contributed by atoms with E-state index in [1.807, 2.05) is 59.5 Å². The Morgan fingerprint density at radius 3 is 2.24 bits per heavy atom. The zero-order chi connectivity index (χ0) is 17.6. The van der Waals surface area contributed by atoms with E-state index < -0.39 is 0 Å². The SMILES string of the molecule is O=C(CN1CCN(C(=O)c2ccccc2Br)CC1)Nc1ccccc1. The molecule has 0 aromatic heterocycles. The molecular formula is C19H20BrN3O2. The lowest BCUT2D eigenvalue weighted by Gasteiger charge is -2.34. The van der Waals surface area contributed by atoms with Gasteiger partial charge in [0, 0.05) is 36.3 Å². The lowest BCUT2D eigenvalue weighted by atomic mass is 10.2. The van der Waals surface area contributed by atoms with Gasteiger partial charge in [-0.15, -0.1) is 0 Å². The summed E-state index contributed by atoms with van der Waals surface area (Å²) >= 11 is 3.43. The number of carbonyl (C=O) groups is 2. The predicted molar refractivity (Wildman–Crippen MR) is 102 cm³/mol. The van der Waals surface area contributed by atoms with Crippen molar-refractivity contribution in [2.24, 2.45) is 0 Å². The molecule has 25 heavy (non-hydrogen) atoms. The van der Waals surface area contributed by atoms with E-state index in [4.69, 9.17) is 0 Å². The molecule has 0 atom stereocenters. The molecule has 1 aliphatic rings. The standard InChI is InChI=1S/C19H20BrN3O2/c20-17-9-5-4-8-16(17)19(25)23-12-10-22(11-13-23)14-18(24)21-15-6-2-1-3-7-15/h1-9H,10-14H2,(H,21,24). The van der Waals surface area contributed by atoms with Crippen LogP contribution in [0.5, 0.6) is 0 Å². The zero-order valence-electron chi connectivity index (χ0n) is 13.8. The fourth-order valence-electron chi connectivity index (χ4n) is 2.84. The molecule has 3 rings (SSSR count). The van der Waals surface area contributed by atoms with Crippen molar-refractivity contribution in [1.29, 1.82) is 0 Å². The molecule has 2 aromatic rings. The second-order valence-corrected chi connectivity index (χ2v) is 6.82. The van der Waals surface area contributed by atoms with E-state index in [1.54, 1.807) is 0 Å². The van der Waals surface area contributed by atoms with E-state index in [-0.39, 0.29) is 11.8 Å². The first-order chi connectivity index (χ1) is 12.1. The summed E-state index contributed by atoms with van der Waals surface area (Å²) in [5.41, 5.74) is 1.48. The molecule has 1 fully saturated rings. The second kappa shape index (κ2) is 8.27. The maximum atomic E-state index is 12.6. The minimum absolute atomic E-state index is 0.0286. The minimum atomic E-state index is -0.0308. The lowest BCUT2D eigenvalue weighted by Crippen LogP contribution is -2.50. The van der Waals surface area contributed by atoms with Crippen molar-refractivity contribution >= 4 is 33.4 Å². The van der Waals surface area contributed by atoms with Gasteiger partial charge in [0.05, 0.1) is 12.1 Å². The van der Waals surface area contributed by atoms with Crippen LogP contribution in [0.4, 0.5) is 5.69 Å². The maximum Gasteiger partial charge on any atom is 0.255 e. The first-order valence-electron chi connectivity index (χ1n) is 8.24. The van der Waals surface area contributed by atoms with Gasteiger partial charge in [-0.2, -0.15) is 0 Å². The van der Waals surface area contributed by atoms with Gasteiger partial charge >= 0.3 is 0 Å². The highest BCUT2D eigenvalue weighted by atomic mass is 79.9. The van der Waals surface area contributed by atoms with Crippen LogP contribution in [0.2, 0.25) is 0 Å². The molecule has 0 unspecified atom stereocenters. The number of nitrogens with zero attached hydrogens (tertiary/aromatic N) is 2. The third-order valence-corrected chi connectivity index (χ3v) is 4.88. The summed E-state index contributed by atoms with van der Waals surface area (Å²) in [6, 6.07) is 16.9. The number of para-hydroxylation sites is 1. The van der Waals surface area contributed by atoms with Crippen LogP contribution in [0.25, 0.3) is 0 Å². The molecule has 0 spiro atoms. The Hall–Kier alpha value is -2.18. The molecule has 0 bridgehead atoms. The Balaban J connectivity index is 1.49. The molecule has 0 saturated carbocycles. The van der Waals surface area contributed by atoms with Gasteiger partial charge < -0.3 is 10.2 Å². The third kappa shape index (κ3) is 4.67. The number of hydrogen-bond acceptors (Lipinski definition) is 3. The molecule has 0 aliphatic carbocycles. The number of carbonyl (C=O) groups excluding carboxylic acids is 2. The molecule has 130 valence electrons. The predicted octanol–water partition coefficient (Wildman–Crippen LogP) is 2.85. The number of hydrogen-bond donors (Lipinski definition) is 1. The highest BCUT2D eigenvalue weighted by molar-refractivity contribution is 9.10. The number of piperazine rings is 1. The molecule has 2 aromatic carbocycles. The van der Waals surface area contributed by atoms with Crippen molar-refractivity contribution < 1.29 is 9.59 Å². The summed E-state index contributed by atoms with van der Waals surface area (Å²) in [6.07, 6.45) is 0. The highest BCUT2D eigenvalue weighted by Gasteiger charge is 2.24. The minimum Gasteiger partial charge on any atom is -0.336 e. The summed E-state index contributed by atoms with van der Waals surface area (Å²) in [4.78, 5) is 28.6. The van der Waals surface area contributed by atoms with E-state index in [0.717, 1.165) is 10.2 Å². The van der Waals surface area contributed by atoms with Crippen LogP contribution in [0, 0.1) is 0 Å². The number of amides is 2. The van der Waals surface area contributed by atoms with Gasteiger partial charge in [0.2, 0.25) is 5.91 Å². The summed E-state index contributed by atoms with van der Waals surface area (Å²) in [5, 5.41) is 2.89. The second-order valence-electron chi connectivity index (χ2n) is 5.96. The first kappa shape index (κ1) is 17.6. The summed E-state index contributed by atoms with van der Waals surface area (Å²) in [5.74, 6) is -0.00218. The molecule has 1 aliphatic heterocycles. The number of benzene rings is 2. The fraction of sp³-hybridized carbons (Fsp3) is 0.263. The summed E-state index contributed by atoms with van der Waals surface area (Å²) < 4.78 is 0.810. The van der Waals surface area contributed by atoms with Gasteiger partial charge in [0.1, 0.15) is 0 Å². The van der Waals surface area contributed by atoms with Gasteiger partial charge in [-0.05, 0) is 40.2 Å². The normalized spacial score (nSPS) is 15.0.